The van der Waals surface area contributed by atoms with Gasteiger partial charge in [-0.25, -0.2) is 0 Å². The van der Waals surface area contributed by atoms with E-state index in [9.17, 15) is 0 Å². The summed E-state index contributed by atoms with van der Waals surface area (Å²) in [6.07, 6.45) is 0. The predicted molar refractivity (Wildman–Crippen MR) is 229 cm³/mol. The maximum Gasteiger partial charge on any atom is 0.0629 e. The average Bonchev–Trinajstić information content (AvgIpc) is 3.62. The van der Waals surface area contributed by atoms with Crippen molar-refractivity contribution in [2.75, 3.05) is 4.90 Å². The topological polar surface area (TPSA) is 8.17 Å². The van der Waals surface area contributed by atoms with Crippen LogP contribution in [0.15, 0.2) is 218 Å². The second-order valence-corrected chi connectivity index (χ2v) is 13.4. The Labute approximate surface area is 322 Å². The van der Waals surface area contributed by atoms with E-state index in [-0.39, 0.29) is 29.7 Å². The molecule has 0 radical (unpaired) electrons. The van der Waals surface area contributed by atoms with E-state index in [2.05, 4.69) is 155 Å². The van der Waals surface area contributed by atoms with Gasteiger partial charge in [0, 0.05) is 33.2 Å². The molecule has 0 aliphatic carbocycles. The molecule has 0 N–H and O–H groups in total. The Kier molecular flexibility index (Phi) is 6.61. The van der Waals surface area contributed by atoms with Gasteiger partial charge in [0.1, 0.15) is 0 Å². The van der Waals surface area contributed by atoms with Gasteiger partial charge in [-0.1, -0.05) is 164 Å². The number of rotatable bonds is 7. The highest BCUT2D eigenvalue weighted by Gasteiger charge is 2.17. The van der Waals surface area contributed by atoms with Crippen LogP contribution in [-0.4, -0.2) is 4.57 Å². The third kappa shape index (κ3) is 5.53. The molecule has 54 heavy (non-hydrogen) atoms. The summed E-state index contributed by atoms with van der Waals surface area (Å²) in [6.45, 7) is 0. The van der Waals surface area contributed by atoms with E-state index in [0.717, 1.165) is 55.8 Å². The highest BCUT2D eigenvalue weighted by Crippen LogP contribution is 2.42. The van der Waals surface area contributed by atoms with Crippen molar-refractivity contribution in [3.05, 3.63) is 218 Å². The van der Waals surface area contributed by atoms with Crippen molar-refractivity contribution in [1.29, 1.82) is 0 Å². The molecule has 0 spiro atoms. The van der Waals surface area contributed by atoms with Gasteiger partial charge in [0.05, 0.1) is 23.6 Å². The first-order valence-electron chi connectivity index (χ1n) is 20.6. The molecule has 2 heteroatoms. The summed E-state index contributed by atoms with van der Waals surface area (Å²) in [4.78, 5) is 2.20. The highest BCUT2D eigenvalue weighted by molar-refractivity contribution is 6.10. The Hall–Kier alpha value is -7.16. The van der Waals surface area contributed by atoms with Gasteiger partial charge in [-0.15, -0.1) is 0 Å². The van der Waals surface area contributed by atoms with Crippen LogP contribution in [-0.2, 0) is 0 Å². The fourth-order valence-electron chi connectivity index (χ4n) is 7.76. The Morgan fingerprint density at radius 3 is 1.74 bits per heavy atom. The SMILES string of the molecule is [2H]c1c([2H])c([2H])c(-c2ccc(N(c3ccccc3)c3cccc4c(-c5ccc(-c6ccc7c8ccccc8n(-c8ccccc8)c7c6)cc5)cccc34)cc2)c([2H])c1[2H]. The van der Waals surface area contributed by atoms with Crippen molar-refractivity contribution in [1.82, 2.24) is 4.57 Å². The summed E-state index contributed by atoms with van der Waals surface area (Å²) >= 11 is 0. The monoisotopic (exact) mass is 693 g/mol. The van der Waals surface area contributed by atoms with Crippen LogP contribution in [0, 0.1) is 0 Å². The fraction of sp³-hybridized carbons (Fsp3) is 0. The number of para-hydroxylation sites is 3. The molecule has 0 amide bonds. The standard InChI is InChI=1S/C52H36N2/c1-4-14-37(15-5-1)38-30-33-44(34-31-38)53(42-16-6-2-7-17-42)50-25-13-22-46-45(21-12-23-47(46)50)40-28-26-39(27-29-40)41-32-35-49-48-20-10-11-24-51(48)54(52(49)36-41)43-18-8-3-9-19-43/h1-36H/i1D,4D,5D,14D,15D. The van der Waals surface area contributed by atoms with E-state index in [1.165, 1.54) is 21.8 Å². The summed E-state index contributed by atoms with van der Waals surface area (Å²) in [5.74, 6) is 0. The maximum absolute atomic E-state index is 8.52. The van der Waals surface area contributed by atoms with E-state index in [0.29, 0.717) is 5.56 Å². The van der Waals surface area contributed by atoms with Gasteiger partial charge in [0.2, 0.25) is 0 Å². The third-order valence-corrected chi connectivity index (χ3v) is 10.3. The molecule has 0 saturated carbocycles. The Bertz CT molecular complexity index is 3170. The number of hydrogen-bond donors (Lipinski definition) is 0. The van der Waals surface area contributed by atoms with Crippen molar-refractivity contribution < 1.29 is 6.85 Å². The molecule has 0 aliphatic rings. The first kappa shape index (κ1) is 26.6. The van der Waals surface area contributed by atoms with Gasteiger partial charge in [0.15, 0.2) is 0 Å². The molecule has 0 fully saturated rings. The fourth-order valence-corrected chi connectivity index (χ4v) is 7.76. The normalized spacial score (nSPS) is 12.6. The van der Waals surface area contributed by atoms with E-state index >= 15 is 0 Å². The van der Waals surface area contributed by atoms with Crippen molar-refractivity contribution in [2.45, 2.75) is 0 Å². The molecule has 9 aromatic carbocycles. The lowest BCUT2D eigenvalue weighted by atomic mass is 9.95. The van der Waals surface area contributed by atoms with E-state index in [1.807, 2.05) is 42.5 Å². The van der Waals surface area contributed by atoms with Crippen molar-refractivity contribution in [3.8, 4) is 39.1 Å². The molecule has 1 aromatic heterocycles. The van der Waals surface area contributed by atoms with Crippen LogP contribution >= 0.6 is 0 Å². The molecular formula is C52H36N2. The molecule has 10 rings (SSSR count). The number of nitrogens with zero attached hydrogens (tertiary/aromatic N) is 2. The van der Waals surface area contributed by atoms with E-state index < -0.39 is 6.04 Å². The maximum atomic E-state index is 8.52. The predicted octanol–water partition coefficient (Wildman–Crippen LogP) is 14.4. The van der Waals surface area contributed by atoms with Gasteiger partial charge in [0.25, 0.3) is 0 Å². The summed E-state index contributed by atoms with van der Waals surface area (Å²) < 4.78 is 43.8. The number of aromatic nitrogens is 1. The zero-order valence-corrected chi connectivity index (χ0v) is 29.3. The van der Waals surface area contributed by atoms with Crippen LogP contribution in [0.1, 0.15) is 6.85 Å². The van der Waals surface area contributed by atoms with Crippen LogP contribution in [0.25, 0.3) is 71.6 Å². The lowest BCUT2D eigenvalue weighted by Crippen LogP contribution is -2.10. The lowest BCUT2D eigenvalue weighted by Gasteiger charge is -2.27. The summed E-state index contributed by atoms with van der Waals surface area (Å²) in [5, 5.41) is 4.65. The van der Waals surface area contributed by atoms with Crippen LogP contribution in [0.4, 0.5) is 17.1 Å². The Balaban J connectivity index is 1.04. The molecule has 10 aromatic rings. The second-order valence-electron chi connectivity index (χ2n) is 13.4. The highest BCUT2D eigenvalue weighted by atomic mass is 15.1. The minimum absolute atomic E-state index is 0.186. The van der Waals surface area contributed by atoms with Crippen molar-refractivity contribution >= 4 is 49.6 Å². The molecule has 254 valence electrons. The Morgan fingerprint density at radius 2 is 0.944 bits per heavy atom. The third-order valence-electron chi connectivity index (χ3n) is 10.3. The quantitative estimate of drug-likeness (QED) is 0.161. The van der Waals surface area contributed by atoms with Crippen LogP contribution in [0.5, 0.6) is 0 Å². The van der Waals surface area contributed by atoms with Gasteiger partial charge >= 0.3 is 0 Å². The minimum atomic E-state index is -0.400. The molecule has 0 saturated heterocycles. The van der Waals surface area contributed by atoms with Crippen molar-refractivity contribution in [2.24, 2.45) is 0 Å². The van der Waals surface area contributed by atoms with Crippen LogP contribution < -0.4 is 4.90 Å². The minimum Gasteiger partial charge on any atom is -0.310 e. The first-order valence-corrected chi connectivity index (χ1v) is 18.1. The van der Waals surface area contributed by atoms with Gasteiger partial charge in [-0.05, 0) is 93.4 Å². The number of fused-ring (bicyclic) bond motifs is 4. The smallest absolute Gasteiger partial charge is 0.0629 e. The average molecular weight is 694 g/mol. The summed E-state index contributed by atoms with van der Waals surface area (Å²) in [6, 6.07) is 63.7. The van der Waals surface area contributed by atoms with Gasteiger partial charge in [-0.2, -0.15) is 0 Å². The molecule has 0 atom stereocenters. The van der Waals surface area contributed by atoms with Gasteiger partial charge in [-0.3, -0.25) is 0 Å². The molecule has 0 bridgehead atoms. The van der Waals surface area contributed by atoms with Crippen LogP contribution in [0.3, 0.4) is 0 Å². The summed E-state index contributed by atoms with van der Waals surface area (Å²) in [5.41, 5.74) is 11.6. The van der Waals surface area contributed by atoms with E-state index in [4.69, 9.17) is 6.85 Å². The molecular weight excluding hydrogens is 653 g/mol. The van der Waals surface area contributed by atoms with E-state index in [1.54, 1.807) is 0 Å². The number of anilines is 3. The zero-order valence-electron chi connectivity index (χ0n) is 34.3. The molecule has 2 nitrogen and oxygen atoms in total. The molecule has 0 unspecified atom stereocenters. The van der Waals surface area contributed by atoms with Crippen molar-refractivity contribution in [3.63, 3.8) is 0 Å². The Morgan fingerprint density at radius 1 is 0.370 bits per heavy atom. The first-order chi connectivity index (χ1) is 28.9. The van der Waals surface area contributed by atoms with Gasteiger partial charge < -0.3 is 9.47 Å². The molecule has 0 aliphatic heterocycles. The second kappa shape index (κ2) is 13.4. The summed E-state index contributed by atoms with van der Waals surface area (Å²) in [7, 11) is 0. The van der Waals surface area contributed by atoms with Crippen LogP contribution in [0.2, 0.25) is 0 Å². The molecule has 1 heterocycles. The zero-order chi connectivity index (χ0) is 40.2. The largest absolute Gasteiger partial charge is 0.310 e. The lowest BCUT2D eigenvalue weighted by molar-refractivity contribution is 1.18. The number of benzene rings is 9. The number of hydrogen-bond acceptors (Lipinski definition) is 1.